The Labute approximate surface area is 194 Å². The molecule has 3 aromatic rings. The van der Waals surface area contributed by atoms with Crippen LogP contribution in [0.15, 0.2) is 41.3 Å². The van der Waals surface area contributed by atoms with Crippen LogP contribution in [0.5, 0.6) is 0 Å². The number of benzene rings is 2. The molecule has 1 amide bonds. The summed E-state index contributed by atoms with van der Waals surface area (Å²) in [6.07, 6.45) is 1.13. The van der Waals surface area contributed by atoms with Gasteiger partial charge in [-0.3, -0.25) is 14.6 Å². The molecule has 0 spiro atoms. The largest absolute Gasteiger partial charge is 0.379 e. The summed E-state index contributed by atoms with van der Waals surface area (Å²) in [5.74, 6) is -0.965. The van der Waals surface area contributed by atoms with Crippen molar-refractivity contribution in [3.05, 3.63) is 52.8 Å². The molecule has 0 saturated carbocycles. The Morgan fingerprint density at radius 3 is 2.72 bits per heavy atom. The van der Waals surface area contributed by atoms with Crippen LogP contribution in [0.2, 0.25) is 5.02 Å². The topological polar surface area (TPSA) is 79.8 Å². The molecule has 32 heavy (non-hydrogen) atoms. The van der Waals surface area contributed by atoms with Gasteiger partial charge in [0, 0.05) is 32.4 Å². The molecule has 2 aromatic carbocycles. The lowest BCUT2D eigenvalue weighted by Crippen LogP contribution is -2.43. The lowest BCUT2D eigenvalue weighted by atomic mass is 10.2. The molecular formula is C21H21ClFN3O4S2. The number of rotatable bonds is 6. The number of aromatic nitrogens is 1. The number of anilines is 1. The smallest absolute Gasteiger partial charge is 0.261 e. The van der Waals surface area contributed by atoms with Crippen molar-refractivity contribution in [3.8, 4) is 0 Å². The maximum Gasteiger partial charge on any atom is 0.261 e. The highest BCUT2D eigenvalue weighted by Gasteiger charge is 2.26. The monoisotopic (exact) mass is 497 g/mol. The van der Waals surface area contributed by atoms with Gasteiger partial charge in [0.15, 0.2) is 15.0 Å². The highest BCUT2D eigenvalue weighted by atomic mass is 35.5. The Balaban J connectivity index is 1.73. The number of thiazole rings is 1. The van der Waals surface area contributed by atoms with E-state index in [1.165, 1.54) is 34.4 Å². The molecule has 0 N–H and O–H groups in total. The number of amides is 1. The molecule has 4 rings (SSSR count). The third-order valence-corrected chi connectivity index (χ3v) is 7.64. The van der Waals surface area contributed by atoms with Crippen LogP contribution in [-0.4, -0.2) is 69.9 Å². The van der Waals surface area contributed by atoms with Crippen LogP contribution in [0.3, 0.4) is 0 Å². The van der Waals surface area contributed by atoms with Crippen molar-refractivity contribution >= 4 is 54.0 Å². The Hall–Kier alpha value is -2.11. The van der Waals surface area contributed by atoms with Gasteiger partial charge in [-0.15, -0.1) is 0 Å². The second kappa shape index (κ2) is 9.40. The number of carbonyl (C=O) groups excluding carboxylic acids is 1. The van der Waals surface area contributed by atoms with E-state index in [2.05, 4.69) is 9.88 Å². The van der Waals surface area contributed by atoms with Gasteiger partial charge in [0.2, 0.25) is 0 Å². The summed E-state index contributed by atoms with van der Waals surface area (Å²) in [7, 11) is -3.50. The number of hydrogen-bond donors (Lipinski definition) is 0. The molecular weight excluding hydrogens is 477 g/mol. The molecule has 11 heteroatoms. The zero-order valence-corrected chi connectivity index (χ0v) is 19.6. The van der Waals surface area contributed by atoms with E-state index in [4.69, 9.17) is 16.3 Å². The fourth-order valence-corrected chi connectivity index (χ4v) is 5.65. The number of para-hydroxylation sites is 1. The van der Waals surface area contributed by atoms with Gasteiger partial charge in [-0.05, 0) is 30.3 Å². The summed E-state index contributed by atoms with van der Waals surface area (Å²) in [6, 6.07) is 8.53. The minimum absolute atomic E-state index is 0.00399. The predicted molar refractivity (Wildman–Crippen MR) is 123 cm³/mol. The van der Waals surface area contributed by atoms with Gasteiger partial charge in [-0.2, -0.15) is 0 Å². The minimum Gasteiger partial charge on any atom is -0.379 e. The highest BCUT2D eigenvalue weighted by Crippen LogP contribution is 2.34. The predicted octanol–water partition coefficient (Wildman–Crippen LogP) is 3.47. The van der Waals surface area contributed by atoms with Gasteiger partial charge in [0.25, 0.3) is 5.91 Å². The summed E-state index contributed by atoms with van der Waals surface area (Å²) >= 11 is 7.38. The fraction of sp³-hybridized carbons (Fsp3) is 0.333. The van der Waals surface area contributed by atoms with Crippen LogP contribution in [0.4, 0.5) is 9.52 Å². The minimum atomic E-state index is -3.50. The normalized spacial score (nSPS) is 15.2. The highest BCUT2D eigenvalue weighted by molar-refractivity contribution is 7.91. The molecule has 1 aliphatic rings. The average molecular weight is 498 g/mol. The van der Waals surface area contributed by atoms with E-state index < -0.39 is 21.6 Å². The molecule has 1 fully saturated rings. The van der Waals surface area contributed by atoms with Gasteiger partial charge in [0.1, 0.15) is 11.3 Å². The molecule has 7 nitrogen and oxygen atoms in total. The van der Waals surface area contributed by atoms with Crippen LogP contribution in [0.25, 0.3) is 10.2 Å². The first-order valence-corrected chi connectivity index (χ1v) is 13.0. The number of halogens is 2. The standard InChI is InChI=1S/C21H21ClFN3O4S2/c1-32(28,29)18-4-2-3-17-19(18)24-21(31-17)26(8-7-25-9-11-30-12-10-25)20(27)15-6-5-14(23)13-16(15)22/h2-6,13H,7-12H2,1H3. The lowest BCUT2D eigenvalue weighted by molar-refractivity contribution is 0.0391. The first-order valence-electron chi connectivity index (χ1n) is 9.90. The maximum atomic E-state index is 13.5. The SMILES string of the molecule is CS(=O)(=O)c1cccc2sc(N(CCN3CCOCC3)C(=O)c3ccc(F)cc3Cl)nc12. The molecule has 1 aliphatic heterocycles. The summed E-state index contributed by atoms with van der Waals surface area (Å²) in [6.45, 7) is 3.62. The van der Waals surface area contributed by atoms with E-state index >= 15 is 0 Å². The molecule has 0 bridgehead atoms. The van der Waals surface area contributed by atoms with E-state index in [0.717, 1.165) is 25.4 Å². The molecule has 0 aliphatic carbocycles. The number of morpholine rings is 1. The van der Waals surface area contributed by atoms with Crippen LogP contribution >= 0.6 is 22.9 Å². The van der Waals surface area contributed by atoms with E-state index in [1.54, 1.807) is 12.1 Å². The summed E-state index contributed by atoms with van der Waals surface area (Å²) in [5, 5.41) is 0.360. The number of sulfone groups is 1. The van der Waals surface area contributed by atoms with Crippen LogP contribution < -0.4 is 4.90 Å². The van der Waals surface area contributed by atoms with E-state index in [9.17, 15) is 17.6 Å². The fourth-order valence-electron chi connectivity index (χ4n) is 3.48. The second-order valence-corrected chi connectivity index (χ2v) is 10.8. The van der Waals surface area contributed by atoms with E-state index in [0.29, 0.717) is 41.7 Å². The Kier molecular flexibility index (Phi) is 6.78. The average Bonchev–Trinajstić information content (AvgIpc) is 3.17. The maximum absolute atomic E-state index is 13.5. The number of fused-ring (bicyclic) bond motifs is 1. The van der Waals surface area contributed by atoms with Crippen LogP contribution in [0, 0.1) is 5.82 Å². The number of carbonyl (C=O) groups is 1. The Bertz CT molecular complexity index is 1260. The first kappa shape index (κ1) is 23.1. The van der Waals surface area contributed by atoms with Crippen molar-refractivity contribution in [2.24, 2.45) is 0 Å². The second-order valence-electron chi connectivity index (χ2n) is 7.41. The first-order chi connectivity index (χ1) is 15.2. The van der Waals surface area contributed by atoms with Gasteiger partial charge >= 0.3 is 0 Å². The molecule has 1 aromatic heterocycles. The lowest BCUT2D eigenvalue weighted by Gasteiger charge is -2.29. The third kappa shape index (κ3) is 4.94. The molecule has 2 heterocycles. The summed E-state index contributed by atoms with van der Waals surface area (Å²) in [4.78, 5) is 21.7. The van der Waals surface area contributed by atoms with Gasteiger partial charge in [0.05, 0.1) is 33.4 Å². The molecule has 0 radical (unpaired) electrons. The summed E-state index contributed by atoms with van der Waals surface area (Å²) in [5.41, 5.74) is 0.474. The van der Waals surface area contributed by atoms with Gasteiger partial charge < -0.3 is 4.74 Å². The zero-order chi connectivity index (χ0) is 22.9. The van der Waals surface area contributed by atoms with Crippen molar-refractivity contribution in [1.82, 2.24) is 9.88 Å². The third-order valence-electron chi connectivity index (χ3n) is 5.15. The zero-order valence-electron chi connectivity index (χ0n) is 17.3. The number of hydrogen-bond acceptors (Lipinski definition) is 7. The quantitative estimate of drug-likeness (QED) is 0.519. The van der Waals surface area contributed by atoms with Crippen molar-refractivity contribution in [2.75, 3.05) is 50.5 Å². The van der Waals surface area contributed by atoms with Crippen LogP contribution in [0.1, 0.15) is 10.4 Å². The van der Waals surface area contributed by atoms with Crippen molar-refractivity contribution in [1.29, 1.82) is 0 Å². The Morgan fingerprint density at radius 1 is 1.28 bits per heavy atom. The van der Waals surface area contributed by atoms with Gasteiger partial charge in [-0.1, -0.05) is 29.0 Å². The van der Waals surface area contributed by atoms with Crippen molar-refractivity contribution < 1.29 is 22.3 Å². The van der Waals surface area contributed by atoms with E-state index in [-0.39, 0.29) is 15.5 Å². The van der Waals surface area contributed by atoms with Gasteiger partial charge in [-0.25, -0.2) is 17.8 Å². The number of ether oxygens (including phenoxy) is 1. The van der Waals surface area contributed by atoms with Crippen molar-refractivity contribution in [2.45, 2.75) is 4.90 Å². The molecule has 1 saturated heterocycles. The molecule has 0 unspecified atom stereocenters. The molecule has 0 atom stereocenters. The van der Waals surface area contributed by atoms with Crippen molar-refractivity contribution in [3.63, 3.8) is 0 Å². The summed E-state index contributed by atoms with van der Waals surface area (Å²) < 4.78 is 44.0. The molecule has 170 valence electrons. The van der Waals surface area contributed by atoms with E-state index in [1.807, 2.05) is 0 Å². The van der Waals surface area contributed by atoms with Crippen LogP contribution in [-0.2, 0) is 14.6 Å². The Morgan fingerprint density at radius 2 is 2.03 bits per heavy atom. The number of nitrogens with zero attached hydrogens (tertiary/aromatic N) is 3.